The molecule has 4 aromatic heterocycles. The van der Waals surface area contributed by atoms with Gasteiger partial charge in [-0.1, -0.05) is 0 Å². The minimum absolute atomic E-state index is 0.0201. The van der Waals surface area contributed by atoms with E-state index in [0.717, 1.165) is 5.56 Å². The first-order valence-corrected chi connectivity index (χ1v) is 11.4. The van der Waals surface area contributed by atoms with E-state index >= 15 is 0 Å². The maximum Gasteiger partial charge on any atom is 0.255 e. The van der Waals surface area contributed by atoms with Gasteiger partial charge in [0.1, 0.15) is 23.1 Å². The van der Waals surface area contributed by atoms with E-state index in [4.69, 9.17) is 14.7 Å². The number of carbonyl (C=O) groups excluding carboxylic acids is 1. The second-order valence-electron chi connectivity index (χ2n) is 8.56. The number of pyridine rings is 3. The van der Waals surface area contributed by atoms with Gasteiger partial charge in [-0.3, -0.25) is 4.79 Å². The number of hydrogen-bond donors (Lipinski definition) is 1. The molecule has 0 aromatic carbocycles. The van der Waals surface area contributed by atoms with Crippen molar-refractivity contribution in [3.05, 3.63) is 59.8 Å². The highest BCUT2D eigenvalue weighted by atomic mass is 16.5. The molecule has 0 radical (unpaired) electrons. The Morgan fingerprint density at radius 3 is 2.83 bits per heavy atom. The van der Waals surface area contributed by atoms with Gasteiger partial charge in [-0.15, -0.1) is 0 Å². The number of hydrogen-bond acceptors (Lipinski definition) is 9. The molecule has 1 saturated heterocycles. The van der Waals surface area contributed by atoms with Crippen molar-refractivity contribution in [1.29, 1.82) is 5.26 Å². The quantitative estimate of drug-likeness (QED) is 0.453. The highest BCUT2D eigenvalue weighted by Crippen LogP contribution is 2.31. The number of nitriles is 1. The van der Waals surface area contributed by atoms with Crippen LogP contribution < -0.4 is 10.1 Å². The number of nitrogens with zero attached hydrogens (tertiary/aromatic N) is 7. The highest BCUT2D eigenvalue weighted by molar-refractivity contribution is 5.94. The number of aryl methyl sites for hydroxylation is 2. The first kappa shape index (κ1) is 23.2. The van der Waals surface area contributed by atoms with Crippen LogP contribution in [0, 0.1) is 18.3 Å². The predicted octanol–water partition coefficient (Wildman–Crippen LogP) is 3.34. The molecule has 0 aliphatic carbocycles. The Bertz CT molecular complexity index is 1480. The number of ether oxygens (including phenoxy) is 2. The number of nitrogens with one attached hydrogen (secondary N) is 1. The normalized spacial score (nSPS) is 15.5. The molecule has 5 heterocycles. The average Bonchev–Trinajstić information content (AvgIpc) is 3.26. The average molecular weight is 485 g/mol. The lowest BCUT2D eigenvalue weighted by molar-refractivity contribution is 0.00357. The molecule has 0 bridgehead atoms. The van der Waals surface area contributed by atoms with E-state index in [0.29, 0.717) is 65.3 Å². The smallest absolute Gasteiger partial charge is 0.255 e. The lowest BCUT2D eigenvalue weighted by Gasteiger charge is -2.33. The minimum Gasteiger partial charge on any atom is -0.437 e. The molecule has 11 nitrogen and oxygen atoms in total. The Kier molecular flexibility index (Phi) is 6.18. The molecular weight excluding hydrogens is 460 g/mol. The molecule has 0 unspecified atom stereocenters. The van der Waals surface area contributed by atoms with Gasteiger partial charge in [0.15, 0.2) is 11.4 Å². The summed E-state index contributed by atoms with van der Waals surface area (Å²) in [6.07, 6.45) is 4.73. The third-order valence-electron chi connectivity index (χ3n) is 5.94. The van der Waals surface area contributed by atoms with Crippen molar-refractivity contribution >= 4 is 28.6 Å². The number of aromatic nitrogens is 5. The third kappa shape index (κ3) is 4.54. The maximum atomic E-state index is 12.9. The zero-order valence-electron chi connectivity index (χ0n) is 20.1. The van der Waals surface area contributed by atoms with Crippen molar-refractivity contribution < 1.29 is 14.3 Å². The number of rotatable bonds is 5. The standard InChI is InChI=1S/C25H24N8O3/c1-15-8-18(10-26)27-12-20(15)36-22-9-19(23-24(31-22)32(3)14-29-23)30-21-5-4-17(11-28-21)25(34)33-6-7-35-13-16(33)2/h4-5,8-9,11-12,14,16H,6-7,13H2,1-3H3,(H,28,30,31)/t16-/m1/s1. The molecular formula is C25H24N8O3. The van der Waals surface area contributed by atoms with Crippen LogP contribution in [-0.4, -0.2) is 61.1 Å². The van der Waals surface area contributed by atoms with E-state index in [1.165, 1.54) is 6.20 Å². The number of carbonyl (C=O) groups is 1. The van der Waals surface area contributed by atoms with Crippen LogP contribution in [0.3, 0.4) is 0 Å². The Morgan fingerprint density at radius 1 is 1.25 bits per heavy atom. The summed E-state index contributed by atoms with van der Waals surface area (Å²) in [6, 6.07) is 8.92. The summed E-state index contributed by atoms with van der Waals surface area (Å²) in [4.78, 5) is 32.3. The van der Waals surface area contributed by atoms with Crippen molar-refractivity contribution in [3.63, 3.8) is 0 Å². The lowest BCUT2D eigenvalue weighted by Crippen LogP contribution is -2.47. The van der Waals surface area contributed by atoms with Crippen molar-refractivity contribution in [2.75, 3.05) is 25.1 Å². The molecule has 1 atom stereocenters. The Labute approximate surface area is 207 Å². The summed E-state index contributed by atoms with van der Waals surface area (Å²) in [5, 5.41) is 12.3. The highest BCUT2D eigenvalue weighted by Gasteiger charge is 2.25. The lowest BCUT2D eigenvalue weighted by atomic mass is 10.2. The molecule has 1 aliphatic heterocycles. The van der Waals surface area contributed by atoms with Gasteiger partial charge in [0, 0.05) is 25.9 Å². The molecule has 1 fully saturated rings. The SMILES string of the molecule is Cc1cc(C#N)ncc1Oc1cc(Nc2ccc(C(=O)N3CCOC[C@H]3C)cn2)c2ncn(C)c2n1. The van der Waals surface area contributed by atoms with Crippen molar-refractivity contribution in [1.82, 2.24) is 29.4 Å². The number of imidazole rings is 1. The van der Waals surface area contributed by atoms with Crippen LogP contribution in [0.4, 0.5) is 11.5 Å². The van der Waals surface area contributed by atoms with Gasteiger partial charge in [-0.05, 0) is 37.6 Å². The van der Waals surface area contributed by atoms with Crippen LogP contribution >= 0.6 is 0 Å². The van der Waals surface area contributed by atoms with E-state index in [2.05, 4.69) is 25.3 Å². The molecule has 1 aliphatic rings. The maximum absolute atomic E-state index is 12.9. The first-order valence-electron chi connectivity index (χ1n) is 11.4. The van der Waals surface area contributed by atoms with Crippen LogP contribution in [0.15, 0.2) is 43.0 Å². The van der Waals surface area contributed by atoms with Gasteiger partial charge in [-0.25, -0.2) is 15.0 Å². The molecule has 1 N–H and O–H groups in total. The zero-order valence-corrected chi connectivity index (χ0v) is 20.1. The number of fused-ring (bicyclic) bond motifs is 1. The van der Waals surface area contributed by atoms with E-state index in [9.17, 15) is 4.79 Å². The van der Waals surface area contributed by atoms with Crippen LogP contribution in [0.1, 0.15) is 28.5 Å². The zero-order chi connectivity index (χ0) is 25.2. The van der Waals surface area contributed by atoms with Gasteiger partial charge in [0.2, 0.25) is 5.88 Å². The fourth-order valence-electron chi connectivity index (χ4n) is 3.97. The van der Waals surface area contributed by atoms with Crippen molar-refractivity contribution in [2.24, 2.45) is 7.05 Å². The molecule has 4 aromatic rings. The largest absolute Gasteiger partial charge is 0.437 e. The summed E-state index contributed by atoms with van der Waals surface area (Å²) in [6.45, 7) is 5.43. The Morgan fingerprint density at radius 2 is 2.11 bits per heavy atom. The predicted molar refractivity (Wildman–Crippen MR) is 131 cm³/mol. The third-order valence-corrected chi connectivity index (χ3v) is 5.94. The van der Waals surface area contributed by atoms with Gasteiger partial charge in [0.05, 0.1) is 43.0 Å². The van der Waals surface area contributed by atoms with Gasteiger partial charge >= 0.3 is 0 Å². The van der Waals surface area contributed by atoms with Gasteiger partial charge < -0.3 is 24.3 Å². The van der Waals surface area contributed by atoms with Gasteiger partial charge in [-0.2, -0.15) is 10.2 Å². The Balaban J connectivity index is 1.41. The summed E-state index contributed by atoms with van der Waals surface area (Å²) in [5.74, 6) is 1.30. The first-order chi connectivity index (χ1) is 17.4. The minimum atomic E-state index is -0.0667. The van der Waals surface area contributed by atoms with Crippen LogP contribution in [0.2, 0.25) is 0 Å². The molecule has 5 rings (SSSR count). The molecule has 11 heteroatoms. The number of amides is 1. The van der Waals surface area contributed by atoms with Crippen LogP contribution in [0.5, 0.6) is 11.6 Å². The van der Waals surface area contributed by atoms with Crippen LogP contribution in [-0.2, 0) is 11.8 Å². The summed E-state index contributed by atoms with van der Waals surface area (Å²) in [7, 11) is 1.84. The Hall–Kier alpha value is -4.56. The summed E-state index contributed by atoms with van der Waals surface area (Å²) >= 11 is 0. The second kappa shape index (κ2) is 9.59. The van der Waals surface area contributed by atoms with Crippen molar-refractivity contribution in [2.45, 2.75) is 19.9 Å². The van der Waals surface area contributed by atoms with E-state index < -0.39 is 0 Å². The number of anilines is 2. The van der Waals surface area contributed by atoms with E-state index in [1.807, 2.05) is 27.0 Å². The topological polar surface area (TPSA) is 131 Å². The molecule has 1 amide bonds. The fraction of sp³-hybridized carbons (Fsp3) is 0.280. The molecule has 36 heavy (non-hydrogen) atoms. The van der Waals surface area contributed by atoms with Gasteiger partial charge in [0.25, 0.3) is 5.91 Å². The monoisotopic (exact) mass is 484 g/mol. The van der Waals surface area contributed by atoms with E-state index in [1.54, 1.807) is 46.3 Å². The summed E-state index contributed by atoms with van der Waals surface area (Å²) in [5.41, 5.74) is 3.49. The second-order valence-corrected chi connectivity index (χ2v) is 8.56. The van der Waals surface area contributed by atoms with Crippen molar-refractivity contribution in [3.8, 4) is 17.7 Å². The van der Waals surface area contributed by atoms with E-state index in [-0.39, 0.29) is 11.9 Å². The van der Waals surface area contributed by atoms with Crippen LogP contribution in [0.25, 0.3) is 11.2 Å². The summed E-state index contributed by atoms with van der Waals surface area (Å²) < 4.78 is 13.2. The number of morpholine rings is 1. The fourth-order valence-corrected chi connectivity index (χ4v) is 3.97. The molecule has 182 valence electrons. The molecule has 0 spiro atoms. The molecule has 0 saturated carbocycles.